The normalized spacial score (nSPS) is 18.0. The Morgan fingerprint density at radius 3 is 2.92 bits per heavy atom. The molecule has 1 aliphatic heterocycles. The number of para-hydroxylation sites is 1. The molecule has 1 saturated heterocycles. The number of ether oxygens (including phenoxy) is 1. The summed E-state index contributed by atoms with van der Waals surface area (Å²) in [5.41, 5.74) is 3.63. The molecule has 5 nitrogen and oxygen atoms in total. The maximum Gasteiger partial charge on any atom is 0.123 e. The first kappa shape index (κ1) is 16.8. The van der Waals surface area contributed by atoms with Crippen molar-refractivity contribution in [2.75, 3.05) is 26.7 Å². The zero-order valence-corrected chi connectivity index (χ0v) is 15.0. The van der Waals surface area contributed by atoms with Gasteiger partial charge in [0.15, 0.2) is 0 Å². The van der Waals surface area contributed by atoms with Crippen molar-refractivity contribution >= 4 is 0 Å². The fourth-order valence-electron chi connectivity index (χ4n) is 3.64. The lowest BCUT2D eigenvalue weighted by atomic mass is 10.0. The second kappa shape index (κ2) is 7.72. The topological polar surface area (TPSA) is 42.3 Å². The Labute approximate surface area is 154 Å². The van der Waals surface area contributed by atoms with Crippen molar-refractivity contribution in [3.63, 3.8) is 0 Å². The summed E-state index contributed by atoms with van der Waals surface area (Å²) >= 11 is 0. The number of methoxy groups -OCH3 is 1. The molecule has 0 amide bonds. The molecule has 0 aliphatic carbocycles. The minimum Gasteiger partial charge on any atom is -0.496 e. The largest absolute Gasteiger partial charge is 0.496 e. The summed E-state index contributed by atoms with van der Waals surface area (Å²) in [6.07, 6.45) is 3.78. The van der Waals surface area contributed by atoms with Gasteiger partial charge in [0.25, 0.3) is 0 Å². The Kier molecular flexibility index (Phi) is 5.00. The van der Waals surface area contributed by atoms with E-state index in [0.29, 0.717) is 6.04 Å². The number of hydrogen-bond donors (Lipinski definition) is 1. The smallest absolute Gasteiger partial charge is 0.123 e. The highest BCUT2D eigenvalue weighted by molar-refractivity contribution is 5.38. The number of piperazine rings is 1. The van der Waals surface area contributed by atoms with Gasteiger partial charge in [0, 0.05) is 44.1 Å². The fraction of sp³-hybridized carbons (Fsp3) is 0.286. The number of nitrogens with zero attached hydrogens (tertiary/aromatic N) is 3. The van der Waals surface area contributed by atoms with Crippen LogP contribution in [0.4, 0.5) is 0 Å². The summed E-state index contributed by atoms with van der Waals surface area (Å²) in [6.45, 7) is 3.85. The second-order valence-corrected chi connectivity index (χ2v) is 6.55. The van der Waals surface area contributed by atoms with Crippen LogP contribution < -0.4 is 10.1 Å². The van der Waals surface area contributed by atoms with Crippen molar-refractivity contribution in [1.29, 1.82) is 0 Å². The van der Waals surface area contributed by atoms with E-state index < -0.39 is 0 Å². The van der Waals surface area contributed by atoms with Gasteiger partial charge in [0.2, 0.25) is 0 Å². The summed E-state index contributed by atoms with van der Waals surface area (Å²) in [7, 11) is 1.74. The standard InChI is InChI=1S/C21H24N4O/c1-26-21-9-3-2-8-19(21)20-15-22-11-13-24(20)16-17-6-4-7-18(14-17)25-12-5-10-23-25/h2-10,12,14,20,22H,11,13,15-16H2,1H3. The Morgan fingerprint density at radius 2 is 2.08 bits per heavy atom. The number of aromatic nitrogens is 2. The van der Waals surface area contributed by atoms with Gasteiger partial charge >= 0.3 is 0 Å². The molecule has 4 rings (SSSR count). The molecule has 1 atom stereocenters. The lowest BCUT2D eigenvalue weighted by Gasteiger charge is -2.37. The van der Waals surface area contributed by atoms with Crippen molar-refractivity contribution in [1.82, 2.24) is 20.0 Å². The summed E-state index contributed by atoms with van der Waals surface area (Å²) in [5, 5.41) is 7.86. The Morgan fingerprint density at radius 1 is 1.15 bits per heavy atom. The molecule has 1 N–H and O–H groups in total. The predicted octanol–water partition coefficient (Wildman–Crippen LogP) is 3.03. The molecule has 3 aromatic rings. The third kappa shape index (κ3) is 3.49. The van der Waals surface area contributed by atoms with E-state index in [1.54, 1.807) is 13.3 Å². The van der Waals surface area contributed by atoms with E-state index in [9.17, 15) is 0 Å². The average molecular weight is 348 g/mol. The van der Waals surface area contributed by atoms with Crippen LogP contribution in [0.2, 0.25) is 0 Å². The van der Waals surface area contributed by atoms with E-state index in [1.807, 2.05) is 29.1 Å². The van der Waals surface area contributed by atoms with E-state index in [1.165, 1.54) is 11.1 Å². The monoisotopic (exact) mass is 348 g/mol. The molecule has 134 valence electrons. The lowest BCUT2D eigenvalue weighted by molar-refractivity contribution is 0.151. The lowest BCUT2D eigenvalue weighted by Crippen LogP contribution is -2.45. The molecule has 0 bridgehead atoms. The molecule has 0 spiro atoms. The van der Waals surface area contributed by atoms with Crippen molar-refractivity contribution in [2.24, 2.45) is 0 Å². The van der Waals surface area contributed by atoms with Crippen molar-refractivity contribution < 1.29 is 4.74 Å². The van der Waals surface area contributed by atoms with Gasteiger partial charge in [-0.2, -0.15) is 5.10 Å². The first-order chi connectivity index (χ1) is 12.8. The number of benzene rings is 2. The second-order valence-electron chi connectivity index (χ2n) is 6.55. The zero-order chi connectivity index (χ0) is 17.8. The summed E-state index contributed by atoms with van der Waals surface area (Å²) in [5.74, 6) is 0.955. The highest BCUT2D eigenvalue weighted by Crippen LogP contribution is 2.31. The third-order valence-electron chi connectivity index (χ3n) is 4.92. The molecular weight excluding hydrogens is 324 g/mol. The number of nitrogens with one attached hydrogen (secondary N) is 1. The molecule has 1 aliphatic rings. The molecular formula is C21H24N4O. The minimum atomic E-state index is 0.299. The van der Waals surface area contributed by atoms with Crippen LogP contribution in [0.5, 0.6) is 5.75 Å². The molecule has 26 heavy (non-hydrogen) atoms. The van der Waals surface area contributed by atoms with Gasteiger partial charge in [0.05, 0.1) is 18.8 Å². The molecule has 2 aromatic carbocycles. The highest BCUT2D eigenvalue weighted by Gasteiger charge is 2.26. The van der Waals surface area contributed by atoms with Crippen molar-refractivity contribution in [2.45, 2.75) is 12.6 Å². The van der Waals surface area contributed by atoms with Crippen molar-refractivity contribution in [3.8, 4) is 11.4 Å². The molecule has 0 saturated carbocycles. The molecule has 5 heteroatoms. The molecule has 1 aromatic heterocycles. The molecule has 1 unspecified atom stereocenters. The third-order valence-corrected chi connectivity index (χ3v) is 4.92. The summed E-state index contributed by atoms with van der Waals surface area (Å²) in [4.78, 5) is 2.52. The Bertz CT molecular complexity index is 847. The maximum absolute atomic E-state index is 5.60. The molecule has 2 heterocycles. The quantitative estimate of drug-likeness (QED) is 0.770. The van der Waals surface area contributed by atoms with E-state index in [4.69, 9.17) is 4.74 Å². The van der Waals surface area contributed by atoms with Crippen LogP contribution in [-0.2, 0) is 6.54 Å². The fourth-order valence-corrected chi connectivity index (χ4v) is 3.64. The maximum atomic E-state index is 5.60. The van der Waals surface area contributed by atoms with E-state index >= 15 is 0 Å². The average Bonchev–Trinajstić information content (AvgIpc) is 3.24. The number of hydrogen-bond acceptors (Lipinski definition) is 4. The van der Waals surface area contributed by atoms with Gasteiger partial charge in [-0.15, -0.1) is 0 Å². The van der Waals surface area contributed by atoms with Gasteiger partial charge in [-0.05, 0) is 29.8 Å². The van der Waals surface area contributed by atoms with E-state index in [-0.39, 0.29) is 0 Å². The van der Waals surface area contributed by atoms with Crippen LogP contribution in [0, 0.1) is 0 Å². The van der Waals surface area contributed by atoms with Crippen LogP contribution in [0.15, 0.2) is 67.0 Å². The highest BCUT2D eigenvalue weighted by atomic mass is 16.5. The van der Waals surface area contributed by atoms with Crippen molar-refractivity contribution in [3.05, 3.63) is 78.1 Å². The van der Waals surface area contributed by atoms with E-state index in [2.05, 4.69) is 51.7 Å². The van der Waals surface area contributed by atoms with Crippen LogP contribution in [-0.4, -0.2) is 41.4 Å². The number of rotatable bonds is 5. The predicted molar refractivity (Wildman–Crippen MR) is 103 cm³/mol. The van der Waals surface area contributed by atoms with Gasteiger partial charge in [0.1, 0.15) is 5.75 Å². The zero-order valence-electron chi connectivity index (χ0n) is 15.0. The summed E-state index contributed by atoms with van der Waals surface area (Å²) < 4.78 is 7.50. The first-order valence-corrected chi connectivity index (χ1v) is 9.02. The molecule has 1 fully saturated rings. The SMILES string of the molecule is COc1ccccc1C1CNCCN1Cc1cccc(-n2cccn2)c1. The van der Waals surface area contributed by atoms with Crippen LogP contribution >= 0.6 is 0 Å². The van der Waals surface area contributed by atoms with Gasteiger partial charge < -0.3 is 10.1 Å². The first-order valence-electron chi connectivity index (χ1n) is 9.02. The van der Waals surface area contributed by atoms with Gasteiger partial charge in [-0.25, -0.2) is 4.68 Å². The minimum absolute atomic E-state index is 0.299. The van der Waals surface area contributed by atoms with E-state index in [0.717, 1.165) is 37.6 Å². The Balaban J connectivity index is 1.59. The van der Waals surface area contributed by atoms with Crippen LogP contribution in [0.3, 0.4) is 0 Å². The van der Waals surface area contributed by atoms with Gasteiger partial charge in [-0.3, -0.25) is 4.90 Å². The van der Waals surface area contributed by atoms with Gasteiger partial charge in [-0.1, -0.05) is 30.3 Å². The Hall–Kier alpha value is -2.63. The van der Waals surface area contributed by atoms with Crippen LogP contribution in [0.25, 0.3) is 5.69 Å². The van der Waals surface area contributed by atoms with Crippen LogP contribution in [0.1, 0.15) is 17.2 Å². The molecule has 0 radical (unpaired) electrons. The summed E-state index contributed by atoms with van der Waals surface area (Å²) in [6, 6.07) is 19.2.